The molecule has 4 rings (SSSR count). The molecule has 3 N–H and O–H groups in total. The zero-order chi connectivity index (χ0) is 17.9. The largest absolute Gasteiger partial charge is 0.472 e. The van der Waals surface area contributed by atoms with Gasteiger partial charge in [-0.2, -0.15) is 0 Å². The number of hydrogen-bond acceptors (Lipinski definition) is 3. The Balaban J connectivity index is 1.63. The molecule has 0 aliphatic rings. The monoisotopic (exact) mass is 346 g/mol. The molecule has 3 aromatic carbocycles. The maximum atomic E-state index is 10.2. The first-order valence-electron chi connectivity index (χ1n) is 8.84. The molecule has 4 nitrogen and oxygen atoms in total. The lowest BCUT2D eigenvalue weighted by Crippen LogP contribution is -2.42. The molecule has 1 aromatic heterocycles. The van der Waals surface area contributed by atoms with Crippen LogP contribution in [0.2, 0.25) is 0 Å². The van der Waals surface area contributed by atoms with E-state index < -0.39 is 12.3 Å². The number of ether oxygens (including phenoxy) is 1. The fraction of sp³-hybridized carbons (Fsp3) is 0.182. The van der Waals surface area contributed by atoms with Crippen LogP contribution in [0, 0.1) is 0 Å². The second-order valence-electron chi connectivity index (χ2n) is 6.49. The zero-order valence-corrected chi connectivity index (χ0v) is 14.6. The van der Waals surface area contributed by atoms with Crippen LogP contribution in [0.1, 0.15) is 12.5 Å². The van der Waals surface area contributed by atoms with E-state index in [1.807, 2.05) is 60.7 Å². The minimum Gasteiger partial charge on any atom is -0.472 e. The number of fused-ring (bicyclic) bond motifs is 3. The quantitative estimate of drug-likeness (QED) is 0.459. The molecule has 1 heterocycles. The van der Waals surface area contributed by atoms with Crippen molar-refractivity contribution in [1.82, 2.24) is 10.3 Å². The molecule has 0 spiro atoms. The van der Waals surface area contributed by atoms with E-state index in [0.717, 1.165) is 33.1 Å². The van der Waals surface area contributed by atoms with Crippen LogP contribution in [0.3, 0.4) is 0 Å². The van der Waals surface area contributed by atoms with E-state index in [0.29, 0.717) is 6.54 Å². The molecule has 26 heavy (non-hydrogen) atoms. The molecule has 4 aromatic rings. The average Bonchev–Trinajstić information content (AvgIpc) is 3.05. The van der Waals surface area contributed by atoms with E-state index in [1.54, 1.807) is 6.92 Å². The van der Waals surface area contributed by atoms with Gasteiger partial charge in [0.2, 0.25) is 0 Å². The van der Waals surface area contributed by atoms with Gasteiger partial charge in [-0.05, 0) is 30.7 Å². The summed E-state index contributed by atoms with van der Waals surface area (Å²) in [6.45, 7) is 2.36. The highest BCUT2D eigenvalue weighted by Gasteiger charge is 2.18. The molecule has 0 saturated heterocycles. The fourth-order valence-electron chi connectivity index (χ4n) is 3.23. The standard InChI is InChI=1S/C22H22N2O2/c1-15(25)22(23-14-16-8-3-2-4-9-16)26-20-13-7-12-19-21(20)17-10-5-6-11-18(17)24-19/h2-13,15,22-25H,14H2,1H3. The van der Waals surface area contributed by atoms with Crippen LogP contribution in [0.25, 0.3) is 21.8 Å². The third-order valence-electron chi connectivity index (χ3n) is 4.53. The number of aliphatic hydroxyl groups is 1. The average molecular weight is 346 g/mol. The van der Waals surface area contributed by atoms with Gasteiger partial charge >= 0.3 is 0 Å². The molecular weight excluding hydrogens is 324 g/mol. The number of rotatable bonds is 6. The molecule has 0 radical (unpaired) electrons. The van der Waals surface area contributed by atoms with Gasteiger partial charge < -0.3 is 14.8 Å². The lowest BCUT2D eigenvalue weighted by Gasteiger charge is -2.23. The topological polar surface area (TPSA) is 57.3 Å². The van der Waals surface area contributed by atoms with Crippen LogP contribution in [-0.2, 0) is 6.54 Å². The van der Waals surface area contributed by atoms with E-state index in [9.17, 15) is 5.11 Å². The first kappa shape index (κ1) is 16.6. The second kappa shape index (κ2) is 7.20. The lowest BCUT2D eigenvalue weighted by atomic mass is 10.1. The Bertz CT molecular complexity index is 1010. The van der Waals surface area contributed by atoms with Crippen LogP contribution >= 0.6 is 0 Å². The van der Waals surface area contributed by atoms with E-state index in [2.05, 4.69) is 22.4 Å². The van der Waals surface area contributed by atoms with Crippen LogP contribution in [0.15, 0.2) is 72.8 Å². The summed E-state index contributed by atoms with van der Waals surface area (Å²) in [6, 6.07) is 24.2. The summed E-state index contributed by atoms with van der Waals surface area (Å²) in [5, 5.41) is 15.7. The van der Waals surface area contributed by atoms with Crippen LogP contribution in [0.4, 0.5) is 0 Å². The van der Waals surface area contributed by atoms with Gasteiger partial charge in [-0.15, -0.1) is 0 Å². The number of aromatic amines is 1. The zero-order valence-electron chi connectivity index (χ0n) is 14.6. The Morgan fingerprint density at radius 2 is 1.65 bits per heavy atom. The summed E-state index contributed by atoms with van der Waals surface area (Å²) < 4.78 is 6.20. The van der Waals surface area contributed by atoms with Gasteiger partial charge in [0.25, 0.3) is 0 Å². The van der Waals surface area contributed by atoms with Crippen molar-refractivity contribution in [3.63, 3.8) is 0 Å². The summed E-state index contributed by atoms with van der Waals surface area (Å²) in [6.07, 6.45) is -1.16. The highest BCUT2D eigenvalue weighted by atomic mass is 16.5. The van der Waals surface area contributed by atoms with E-state index >= 15 is 0 Å². The van der Waals surface area contributed by atoms with Crippen molar-refractivity contribution in [1.29, 1.82) is 0 Å². The maximum absolute atomic E-state index is 10.2. The molecule has 0 aliphatic heterocycles. The number of benzene rings is 3. The summed E-state index contributed by atoms with van der Waals surface area (Å²) >= 11 is 0. The Hall–Kier alpha value is -2.82. The minimum atomic E-state index is -0.654. The molecule has 2 atom stereocenters. The number of para-hydroxylation sites is 1. The van der Waals surface area contributed by atoms with Crippen molar-refractivity contribution in [2.24, 2.45) is 0 Å². The summed E-state index contributed by atoms with van der Waals surface area (Å²) in [7, 11) is 0. The second-order valence-corrected chi connectivity index (χ2v) is 6.49. The molecule has 0 fully saturated rings. The van der Waals surface area contributed by atoms with E-state index in [-0.39, 0.29) is 0 Å². The van der Waals surface area contributed by atoms with Gasteiger partial charge in [0, 0.05) is 22.8 Å². The van der Waals surface area contributed by atoms with Crippen molar-refractivity contribution in [2.45, 2.75) is 25.8 Å². The first-order valence-corrected chi connectivity index (χ1v) is 8.84. The number of aromatic nitrogens is 1. The first-order chi connectivity index (χ1) is 12.7. The minimum absolute atomic E-state index is 0.505. The molecule has 0 bridgehead atoms. The normalized spacial score (nSPS) is 13.8. The Kier molecular flexibility index (Phi) is 4.61. The molecule has 0 aliphatic carbocycles. The fourth-order valence-corrected chi connectivity index (χ4v) is 3.23. The molecule has 0 saturated carbocycles. The summed E-state index contributed by atoms with van der Waals surface area (Å²) in [4.78, 5) is 3.42. The van der Waals surface area contributed by atoms with Crippen LogP contribution in [0.5, 0.6) is 5.75 Å². The summed E-state index contributed by atoms with van der Waals surface area (Å²) in [5.41, 5.74) is 3.24. The Labute approximate surface area is 152 Å². The van der Waals surface area contributed by atoms with Crippen molar-refractivity contribution in [2.75, 3.05) is 0 Å². The molecule has 2 unspecified atom stereocenters. The number of hydrogen-bond donors (Lipinski definition) is 3. The molecule has 132 valence electrons. The van der Waals surface area contributed by atoms with Gasteiger partial charge in [-0.25, -0.2) is 0 Å². The molecule has 0 amide bonds. The van der Waals surface area contributed by atoms with Gasteiger partial charge in [0.05, 0.1) is 5.52 Å². The van der Waals surface area contributed by atoms with E-state index in [4.69, 9.17) is 4.74 Å². The van der Waals surface area contributed by atoms with E-state index in [1.165, 1.54) is 0 Å². The number of H-pyrrole nitrogens is 1. The van der Waals surface area contributed by atoms with Crippen molar-refractivity contribution in [3.05, 3.63) is 78.4 Å². The third-order valence-corrected chi connectivity index (χ3v) is 4.53. The highest BCUT2D eigenvalue weighted by Crippen LogP contribution is 2.33. The predicted octanol–water partition coefficient (Wildman–Crippen LogP) is 4.20. The lowest BCUT2D eigenvalue weighted by molar-refractivity contribution is 0.0268. The SMILES string of the molecule is CC(O)C(NCc1ccccc1)Oc1cccc2[nH]c3ccccc3c12. The van der Waals surface area contributed by atoms with Gasteiger partial charge in [-0.1, -0.05) is 54.6 Å². The highest BCUT2D eigenvalue weighted by molar-refractivity contribution is 6.10. The van der Waals surface area contributed by atoms with Crippen molar-refractivity contribution < 1.29 is 9.84 Å². The Morgan fingerprint density at radius 1 is 0.923 bits per heavy atom. The molecule has 4 heteroatoms. The number of nitrogens with one attached hydrogen (secondary N) is 2. The smallest absolute Gasteiger partial charge is 0.176 e. The summed E-state index contributed by atoms with van der Waals surface area (Å²) in [5.74, 6) is 0.756. The van der Waals surface area contributed by atoms with Gasteiger partial charge in [0.1, 0.15) is 11.9 Å². The van der Waals surface area contributed by atoms with Crippen molar-refractivity contribution >= 4 is 21.8 Å². The van der Waals surface area contributed by atoms with Crippen molar-refractivity contribution in [3.8, 4) is 5.75 Å². The van der Waals surface area contributed by atoms with Gasteiger partial charge in [-0.3, -0.25) is 5.32 Å². The van der Waals surface area contributed by atoms with Gasteiger partial charge in [0.15, 0.2) is 6.23 Å². The molecular formula is C22H22N2O2. The number of aliphatic hydroxyl groups excluding tert-OH is 1. The maximum Gasteiger partial charge on any atom is 0.176 e. The third kappa shape index (κ3) is 3.29. The Morgan fingerprint density at radius 3 is 2.46 bits per heavy atom. The van der Waals surface area contributed by atoms with Crippen LogP contribution < -0.4 is 10.1 Å². The predicted molar refractivity (Wildman–Crippen MR) is 105 cm³/mol. The van der Waals surface area contributed by atoms with Crippen LogP contribution in [-0.4, -0.2) is 22.4 Å².